The summed E-state index contributed by atoms with van der Waals surface area (Å²) in [5, 5.41) is 19.9. The predicted molar refractivity (Wildman–Crippen MR) is 70.2 cm³/mol. The standard InChI is InChI=1S/C14H19NO5/c1-8-6-10(8)12-4-2-9(20-12)3-5-13(17)15-7-11(16)14(18)19/h2,4,8,10-11,16H,3,5-7H2,1H3,(H,15,17)(H,18,19). The number of furan rings is 1. The Labute approximate surface area is 116 Å². The summed E-state index contributed by atoms with van der Waals surface area (Å²) in [6.07, 6.45) is 0.265. The molecule has 110 valence electrons. The van der Waals surface area contributed by atoms with Gasteiger partial charge in [0.05, 0.1) is 6.54 Å². The molecule has 1 fully saturated rings. The van der Waals surface area contributed by atoms with Gasteiger partial charge < -0.3 is 19.9 Å². The van der Waals surface area contributed by atoms with E-state index in [9.17, 15) is 9.59 Å². The van der Waals surface area contributed by atoms with E-state index in [1.807, 2.05) is 12.1 Å². The second-order valence-corrected chi connectivity index (χ2v) is 5.28. The molecular weight excluding hydrogens is 262 g/mol. The second-order valence-electron chi connectivity index (χ2n) is 5.28. The number of aliphatic hydroxyl groups excluding tert-OH is 1. The largest absolute Gasteiger partial charge is 0.479 e. The Morgan fingerprint density at radius 2 is 2.20 bits per heavy atom. The van der Waals surface area contributed by atoms with E-state index in [2.05, 4.69) is 12.2 Å². The number of hydrogen-bond donors (Lipinski definition) is 3. The minimum Gasteiger partial charge on any atom is -0.479 e. The maximum absolute atomic E-state index is 11.5. The summed E-state index contributed by atoms with van der Waals surface area (Å²) in [4.78, 5) is 21.9. The van der Waals surface area contributed by atoms with Gasteiger partial charge in [-0.05, 0) is 24.5 Å². The lowest BCUT2D eigenvalue weighted by Gasteiger charge is -2.07. The van der Waals surface area contributed by atoms with E-state index in [1.165, 1.54) is 0 Å². The molecule has 1 aromatic rings. The first-order chi connectivity index (χ1) is 9.47. The van der Waals surface area contributed by atoms with Gasteiger partial charge in [-0.2, -0.15) is 0 Å². The quantitative estimate of drug-likeness (QED) is 0.689. The number of carbonyl (C=O) groups is 2. The normalized spacial score (nSPS) is 22.3. The van der Waals surface area contributed by atoms with E-state index >= 15 is 0 Å². The van der Waals surface area contributed by atoms with Gasteiger partial charge in [0.1, 0.15) is 11.5 Å². The molecule has 0 spiro atoms. The van der Waals surface area contributed by atoms with Gasteiger partial charge in [-0.15, -0.1) is 0 Å². The molecule has 0 bridgehead atoms. The number of rotatable bonds is 7. The summed E-state index contributed by atoms with van der Waals surface area (Å²) < 4.78 is 5.67. The molecule has 1 heterocycles. The fourth-order valence-corrected chi connectivity index (χ4v) is 2.07. The Morgan fingerprint density at radius 1 is 1.50 bits per heavy atom. The molecule has 3 N–H and O–H groups in total. The van der Waals surface area contributed by atoms with Crippen LogP contribution in [0.2, 0.25) is 0 Å². The molecule has 1 aliphatic carbocycles. The van der Waals surface area contributed by atoms with Crippen LogP contribution in [0.25, 0.3) is 0 Å². The Balaban J connectivity index is 1.70. The van der Waals surface area contributed by atoms with Crippen LogP contribution in [-0.4, -0.2) is 34.7 Å². The first-order valence-corrected chi connectivity index (χ1v) is 6.73. The molecule has 1 aromatic heterocycles. The minimum atomic E-state index is -1.56. The van der Waals surface area contributed by atoms with Crippen molar-refractivity contribution in [1.82, 2.24) is 5.32 Å². The maximum atomic E-state index is 11.5. The van der Waals surface area contributed by atoms with Gasteiger partial charge in [-0.1, -0.05) is 6.92 Å². The van der Waals surface area contributed by atoms with Crippen molar-refractivity contribution >= 4 is 11.9 Å². The minimum absolute atomic E-state index is 0.208. The van der Waals surface area contributed by atoms with E-state index in [0.717, 1.165) is 17.9 Å². The highest BCUT2D eigenvalue weighted by molar-refractivity contribution is 5.78. The highest BCUT2D eigenvalue weighted by Crippen LogP contribution is 2.47. The highest BCUT2D eigenvalue weighted by Gasteiger charge is 2.36. The lowest BCUT2D eigenvalue weighted by atomic mass is 10.2. The SMILES string of the molecule is CC1CC1c1ccc(CCC(=O)NCC(O)C(=O)O)o1. The van der Waals surface area contributed by atoms with Crippen molar-refractivity contribution in [2.45, 2.75) is 38.2 Å². The molecule has 1 amide bonds. The number of carboxylic acid groups (broad SMARTS) is 1. The molecule has 1 saturated carbocycles. The lowest BCUT2D eigenvalue weighted by molar-refractivity contribution is -0.146. The van der Waals surface area contributed by atoms with Crippen LogP contribution in [0.3, 0.4) is 0 Å². The zero-order valence-electron chi connectivity index (χ0n) is 11.3. The summed E-state index contributed by atoms with van der Waals surface area (Å²) in [6, 6.07) is 3.83. The zero-order chi connectivity index (χ0) is 14.7. The zero-order valence-corrected chi connectivity index (χ0v) is 11.3. The smallest absolute Gasteiger partial charge is 0.334 e. The number of aliphatic hydroxyl groups is 1. The van der Waals surface area contributed by atoms with Crippen molar-refractivity contribution in [2.24, 2.45) is 5.92 Å². The van der Waals surface area contributed by atoms with E-state index in [1.54, 1.807) is 0 Å². The van der Waals surface area contributed by atoms with Gasteiger partial charge in [0.25, 0.3) is 0 Å². The van der Waals surface area contributed by atoms with Crippen LogP contribution >= 0.6 is 0 Å². The molecule has 0 aliphatic heterocycles. The number of aliphatic carboxylic acids is 1. The summed E-state index contributed by atoms with van der Waals surface area (Å²) in [6.45, 7) is 1.89. The van der Waals surface area contributed by atoms with Crippen molar-refractivity contribution in [3.05, 3.63) is 23.7 Å². The number of hydrogen-bond acceptors (Lipinski definition) is 4. The molecule has 20 heavy (non-hydrogen) atoms. The average molecular weight is 281 g/mol. The molecular formula is C14H19NO5. The lowest BCUT2D eigenvalue weighted by Crippen LogP contribution is -2.36. The molecule has 2 rings (SSSR count). The molecule has 3 atom stereocenters. The Kier molecular flexibility index (Phi) is 4.44. The van der Waals surface area contributed by atoms with Gasteiger partial charge in [-0.25, -0.2) is 4.79 Å². The van der Waals surface area contributed by atoms with Crippen molar-refractivity contribution in [3.8, 4) is 0 Å². The van der Waals surface area contributed by atoms with Gasteiger partial charge in [-0.3, -0.25) is 4.79 Å². The Bertz CT molecular complexity index is 496. The molecule has 0 aromatic carbocycles. The van der Waals surface area contributed by atoms with Crippen LogP contribution < -0.4 is 5.32 Å². The van der Waals surface area contributed by atoms with Crippen LogP contribution in [0.1, 0.15) is 37.2 Å². The van der Waals surface area contributed by atoms with E-state index in [-0.39, 0.29) is 18.9 Å². The maximum Gasteiger partial charge on any atom is 0.334 e. The van der Waals surface area contributed by atoms with Crippen LogP contribution in [0.15, 0.2) is 16.5 Å². The summed E-state index contributed by atoms with van der Waals surface area (Å²) in [5.74, 6) is 1.28. The van der Waals surface area contributed by atoms with Crippen LogP contribution in [0, 0.1) is 5.92 Å². The van der Waals surface area contributed by atoms with Crippen LogP contribution in [0.4, 0.5) is 0 Å². The number of aryl methyl sites for hydroxylation is 1. The molecule has 6 heteroatoms. The van der Waals surface area contributed by atoms with Crippen molar-refractivity contribution < 1.29 is 24.2 Å². The third-order valence-corrected chi connectivity index (χ3v) is 3.53. The molecule has 0 saturated heterocycles. The van der Waals surface area contributed by atoms with Gasteiger partial charge in [0, 0.05) is 18.8 Å². The monoisotopic (exact) mass is 281 g/mol. The fourth-order valence-electron chi connectivity index (χ4n) is 2.07. The van der Waals surface area contributed by atoms with E-state index in [4.69, 9.17) is 14.6 Å². The number of amides is 1. The van der Waals surface area contributed by atoms with Crippen molar-refractivity contribution in [3.63, 3.8) is 0 Å². The van der Waals surface area contributed by atoms with Gasteiger partial charge >= 0.3 is 5.97 Å². The van der Waals surface area contributed by atoms with Crippen molar-refractivity contribution in [1.29, 1.82) is 0 Å². The Hall–Kier alpha value is -1.82. The second kappa shape index (κ2) is 6.09. The van der Waals surface area contributed by atoms with Crippen molar-refractivity contribution in [2.75, 3.05) is 6.54 Å². The number of carboxylic acids is 1. The summed E-state index contributed by atoms with van der Waals surface area (Å²) in [5.41, 5.74) is 0. The first-order valence-electron chi connectivity index (χ1n) is 6.73. The number of nitrogens with one attached hydrogen (secondary N) is 1. The third kappa shape index (κ3) is 3.84. The van der Waals surface area contributed by atoms with E-state index < -0.39 is 12.1 Å². The molecule has 0 radical (unpaired) electrons. The van der Waals surface area contributed by atoms with Crippen LogP contribution in [0.5, 0.6) is 0 Å². The fraction of sp³-hybridized carbons (Fsp3) is 0.571. The first kappa shape index (κ1) is 14.6. The summed E-state index contributed by atoms with van der Waals surface area (Å²) >= 11 is 0. The van der Waals surface area contributed by atoms with Gasteiger partial charge in [0.2, 0.25) is 5.91 Å². The van der Waals surface area contributed by atoms with E-state index in [0.29, 0.717) is 18.3 Å². The topological polar surface area (TPSA) is 99.8 Å². The Morgan fingerprint density at radius 3 is 2.80 bits per heavy atom. The third-order valence-electron chi connectivity index (χ3n) is 3.53. The molecule has 3 unspecified atom stereocenters. The average Bonchev–Trinajstić information content (AvgIpc) is 2.96. The number of carbonyl (C=O) groups excluding carboxylic acids is 1. The highest BCUT2D eigenvalue weighted by atomic mass is 16.4. The molecule has 6 nitrogen and oxygen atoms in total. The van der Waals surface area contributed by atoms with Crippen LogP contribution in [-0.2, 0) is 16.0 Å². The molecule has 1 aliphatic rings. The van der Waals surface area contributed by atoms with Gasteiger partial charge in [0.15, 0.2) is 6.10 Å². The summed E-state index contributed by atoms with van der Waals surface area (Å²) in [7, 11) is 0. The predicted octanol–water partition coefficient (Wildman–Crippen LogP) is 0.897.